The Morgan fingerprint density at radius 2 is 1.30 bits per heavy atom. The molecule has 1 saturated heterocycles. The number of hydrogen-bond donors (Lipinski definition) is 1. The van der Waals surface area contributed by atoms with Gasteiger partial charge in [0.05, 0.1) is 30.1 Å². The van der Waals surface area contributed by atoms with Gasteiger partial charge in [0, 0.05) is 81.6 Å². The van der Waals surface area contributed by atoms with E-state index in [-0.39, 0.29) is 33.4 Å². The minimum absolute atomic E-state index is 0.0213. The second-order valence-corrected chi connectivity index (χ2v) is 16.8. The molecule has 1 N–H and O–H groups in total. The van der Waals surface area contributed by atoms with Gasteiger partial charge in [-0.15, -0.1) is 0 Å². The molecule has 4 rings (SSSR count). The summed E-state index contributed by atoms with van der Waals surface area (Å²) < 4.78 is 12.5. The van der Waals surface area contributed by atoms with Crippen LogP contribution in [0.5, 0.6) is 0 Å². The predicted octanol–water partition coefficient (Wildman–Crippen LogP) is 7.90. The molecule has 1 fully saturated rings. The largest absolute Gasteiger partial charge is 0.375 e. The first-order chi connectivity index (χ1) is 19.5. The number of carbonyl (C=O) groups excluding carboxylic acids is 1. The summed E-state index contributed by atoms with van der Waals surface area (Å²) in [6, 6.07) is 0. The van der Waals surface area contributed by atoms with Crippen molar-refractivity contribution in [2.45, 2.75) is 120 Å². The van der Waals surface area contributed by atoms with Crippen LogP contribution < -0.4 is 5.32 Å². The summed E-state index contributed by atoms with van der Waals surface area (Å²) >= 11 is 0. The third-order valence-electron chi connectivity index (χ3n) is 8.76. The molecule has 2 atom stereocenters. The van der Waals surface area contributed by atoms with Crippen molar-refractivity contribution in [3.05, 3.63) is 47.6 Å². The maximum Gasteiger partial charge on any atom is 0.225 e. The third kappa shape index (κ3) is 7.91. The summed E-state index contributed by atoms with van der Waals surface area (Å²) in [6.07, 6.45) is 9.19. The third-order valence-corrected chi connectivity index (χ3v) is 8.76. The van der Waals surface area contributed by atoms with Gasteiger partial charge in [-0.1, -0.05) is 48.1 Å². The molecule has 0 saturated carbocycles. The molecule has 236 valence electrons. The van der Waals surface area contributed by atoms with E-state index in [9.17, 15) is 4.79 Å². The van der Waals surface area contributed by atoms with Crippen LogP contribution in [0.4, 0.5) is 0 Å². The second-order valence-electron chi connectivity index (χ2n) is 16.8. The number of allylic oxidation sites excluding steroid dienone is 6. The van der Waals surface area contributed by atoms with Crippen LogP contribution in [-0.2, 0) is 14.3 Å². The van der Waals surface area contributed by atoms with Crippen LogP contribution in [0.25, 0.3) is 0 Å². The number of hydrogen-bond acceptors (Lipinski definition) is 6. The van der Waals surface area contributed by atoms with Gasteiger partial charge in [-0.3, -0.25) is 19.8 Å². The lowest BCUT2D eigenvalue weighted by atomic mass is 9.80. The minimum atomic E-state index is -0.412. The highest BCUT2D eigenvalue weighted by molar-refractivity contribution is 6.06. The van der Waals surface area contributed by atoms with E-state index in [1.54, 1.807) is 0 Å². The van der Waals surface area contributed by atoms with E-state index in [0.29, 0.717) is 19.6 Å². The van der Waals surface area contributed by atoms with Crippen LogP contribution >= 0.6 is 0 Å². The fourth-order valence-electron chi connectivity index (χ4n) is 5.81. The molecule has 1 amide bonds. The summed E-state index contributed by atoms with van der Waals surface area (Å²) in [6.45, 7) is 30.7. The number of aliphatic imine (C=N–C) groups is 3. The van der Waals surface area contributed by atoms with Crippen molar-refractivity contribution in [1.29, 1.82) is 0 Å². The Labute approximate surface area is 259 Å². The molecule has 4 aliphatic rings. The molecule has 0 aromatic rings. The Bertz CT molecular complexity index is 1370. The molecule has 4 aliphatic heterocycles. The molecule has 4 heterocycles. The molecule has 0 aromatic heterocycles. The quantitative estimate of drug-likeness (QED) is 0.327. The van der Waals surface area contributed by atoms with E-state index >= 15 is 0 Å². The fourth-order valence-corrected chi connectivity index (χ4v) is 5.81. The topological polar surface area (TPSA) is 84.6 Å². The van der Waals surface area contributed by atoms with Crippen molar-refractivity contribution < 1.29 is 14.3 Å². The maximum atomic E-state index is 12.5. The van der Waals surface area contributed by atoms with E-state index < -0.39 is 5.41 Å². The van der Waals surface area contributed by atoms with Crippen LogP contribution in [0.1, 0.15) is 109 Å². The first-order valence-corrected chi connectivity index (χ1v) is 15.7. The summed E-state index contributed by atoms with van der Waals surface area (Å²) in [4.78, 5) is 27.6. The Morgan fingerprint density at radius 1 is 0.744 bits per heavy atom. The van der Waals surface area contributed by atoms with Gasteiger partial charge in [0.25, 0.3) is 0 Å². The fraction of sp³-hybridized carbons (Fsp3) is 0.667. The van der Waals surface area contributed by atoms with Crippen LogP contribution in [0.2, 0.25) is 0 Å². The van der Waals surface area contributed by atoms with Crippen molar-refractivity contribution in [2.75, 3.05) is 13.2 Å². The van der Waals surface area contributed by atoms with Gasteiger partial charge in [-0.05, 0) is 59.8 Å². The molecule has 7 heteroatoms. The van der Waals surface area contributed by atoms with E-state index in [2.05, 4.69) is 92.4 Å². The van der Waals surface area contributed by atoms with E-state index in [4.69, 9.17) is 24.5 Å². The average Bonchev–Trinajstić information content (AvgIpc) is 3.47. The van der Waals surface area contributed by atoms with Gasteiger partial charge in [0.2, 0.25) is 5.91 Å². The van der Waals surface area contributed by atoms with Crippen molar-refractivity contribution in [3.8, 4) is 0 Å². The number of nitrogens with one attached hydrogen (secondary N) is 1. The molecule has 0 bridgehead atoms. The number of rotatable bonds is 7. The minimum Gasteiger partial charge on any atom is -0.375 e. The van der Waals surface area contributed by atoms with Gasteiger partial charge in [0.1, 0.15) is 0 Å². The van der Waals surface area contributed by atoms with Crippen molar-refractivity contribution >= 4 is 23.0 Å². The van der Waals surface area contributed by atoms with Crippen LogP contribution in [-0.4, -0.2) is 47.5 Å². The SMILES string of the molecule is C=C1N=C(/C=C2/CC(C)(COC(C)(C)C)C(/C=C3\N=C(C=C4NC(=O)CC4(C)COC(C)(C)C)CC3(C)C)=N2)CC1(C)C. The Kier molecular flexibility index (Phi) is 8.56. The number of carbonyl (C=O) groups is 1. The second kappa shape index (κ2) is 11.1. The Hall–Kier alpha value is -2.64. The van der Waals surface area contributed by atoms with E-state index in [1.165, 1.54) is 0 Å². The first-order valence-electron chi connectivity index (χ1n) is 15.7. The molecule has 0 radical (unpaired) electrons. The van der Waals surface area contributed by atoms with Crippen molar-refractivity contribution in [2.24, 2.45) is 36.6 Å². The summed E-state index contributed by atoms with van der Waals surface area (Å²) in [5, 5.41) is 3.09. The lowest BCUT2D eigenvalue weighted by Crippen LogP contribution is -2.34. The molecule has 2 unspecified atom stereocenters. The lowest BCUT2D eigenvalue weighted by Gasteiger charge is -2.30. The average molecular weight is 591 g/mol. The molecular formula is C36H54N4O3. The van der Waals surface area contributed by atoms with Gasteiger partial charge in [0.15, 0.2) is 0 Å². The first kappa shape index (κ1) is 33.3. The van der Waals surface area contributed by atoms with Crippen molar-refractivity contribution in [3.63, 3.8) is 0 Å². The Balaban J connectivity index is 1.68. The summed E-state index contributed by atoms with van der Waals surface area (Å²) in [5.41, 5.74) is 5.32. The maximum absolute atomic E-state index is 12.5. The smallest absolute Gasteiger partial charge is 0.225 e. The zero-order valence-electron chi connectivity index (χ0n) is 28.7. The van der Waals surface area contributed by atoms with Crippen LogP contribution in [0.3, 0.4) is 0 Å². The summed E-state index contributed by atoms with van der Waals surface area (Å²) in [5.74, 6) is 0.0213. The molecule has 0 spiro atoms. The highest BCUT2D eigenvalue weighted by atomic mass is 16.5. The van der Waals surface area contributed by atoms with E-state index in [1.807, 2.05) is 20.8 Å². The highest BCUT2D eigenvalue weighted by Gasteiger charge is 2.43. The van der Waals surface area contributed by atoms with Crippen LogP contribution in [0, 0.1) is 21.7 Å². The van der Waals surface area contributed by atoms with Crippen LogP contribution in [0.15, 0.2) is 62.6 Å². The molecule has 0 aromatic carbocycles. The van der Waals surface area contributed by atoms with E-state index in [0.717, 1.165) is 59.2 Å². The number of nitrogens with zero attached hydrogens (tertiary/aromatic N) is 3. The lowest BCUT2D eigenvalue weighted by molar-refractivity contribution is -0.120. The van der Waals surface area contributed by atoms with Gasteiger partial charge in [-0.2, -0.15) is 0 Å². The zero-order valence-corrected chi connectivity index (χ0v) is 28.7. The normalized spacial score (nSPS) is 31.7. The standard InChI is InChI=1S/C36H54N4O3/c1-23-33(8,9)17-24(37-23)14-25-19-35(12,21-42-31(2,3)4)29(39-25)16-27-34(10,11)18-26(38-27)15-28-36(13,20-30(41)40-28)22-43-32(5,6)7/h14-16H,1,17-22H2,2-13H3,(H,40,41)/b25-14-,27-16-,28-15?. The molecule has 7 nitrogen and oxygen atoms in total. The molecule has 43 heavy (non-hydrogen) atoms. The van der Waals surface area contributed by atoms with Gasteiger partial charge < -0.3 is 14.8 Å². The Morgan fingerprint density at radius 3 is 1.86 bits per heavy atom. The highest BCUT2D eigenvalue weighted by Crippen LogP contribution is 2.44. The number of ether oxygens (including phenoxy) is 2. The number of amides is 1. The zero-order chi connectivity index (χ0) is 32.2. The van der Waals surface area contributed by atoms with Gasteiger partial charge >= 0.3 is 0 Å². The predicted molar refractivity (Wildman–Crippen MR) is 177 cm³/mol. The van der Waals surface area contributed by atoms with Crippen molar-refractivity contribution in [1.82, 2.24) is 5.32 Å². The molecular weight excluding hydrogens is 536 g/mol. The molecule has 0 aliphatic carbocycles. The summed E-state index contributed by atoms with van der Waals surface area (Å²) in [7, 11) is 0. The van der Waals surface area contributed by atoms with Gasteiger partial charge in [-0.25, -0.2) is 0 Å². The monoisotopic (exact) mass is 590 g/mol.